The normalized spacial score (nSPS) is 25.4. The van der Waals surface area contributed by atoms with Crippen molar-refractivity contribution in [3.05, 3.63) is 102 Å². The molecule has 0 aliphatic carbocycles. The summed E-state index contributed by atoms with van der Waals surface area (Å²) in [7, 11) is 0. The number of rotatable bonds is 6. The Balaban J connectivity index is 1.42. The molecule has 3 saturated heterocycles. The molecule has 4 heteroatoms. The topological polar surface area (TPSA) is 49.3 Å². The molecule has 3 aromatic carbocycles. The molecule has 4 nitrogen and oxygen atoms in total. The molecule has 3 aromatic rings. The maximum Gasteiger partial charge on any atom is 0.282 e. The zero-order chi connectivity index (χ0) is 22.9. The predicted octanol–water partition coefficient (Wildman–Crippen LogP) is 4.95. The van der Waals surface area contributed by atoms with Crippen LogP contribution in [0, 0.1) is 5.41 Å². The molecule has 0 saturated carbocycles. The van der Waals surface area contributed by atoms with E-state index in [0.29, 0.717) is 0 Å². The molecule has 33 heavy (non-hydrogen) atoms. The van der Waals surface area contributed by atoms with Crippen LogP contribution in [0.3, 0.4) is 0 Å². The Bertz CT molecular complexity index is 1030. The molecule has 3 aliphatic rings. The van der Waals surface area contributed by atoms with Gasteiger partial charge in [-0.2, -0.15) is 0 Å². The minimum absolute atomic E-state index is 0.0805. The lowest BCUT2D eigenvalue weighted by Crippen LogP contribution is -2.70. The number of nitrogens with one attached hydrogen (secondary N) is 1. The van der Waals surface area contributed by atoms with Crippen molar-refractivity contribution in [1.29, 1.82) is 0 Å². The molecule has 6 rings (SSSR count). The summed E-state index contributed by atoms with van der Waals surface area (Å²) in [6, 6.07) is 29.9. The first-order valence-electron chi connectivity index (χ1n) is 12.0. The number of carbonyl (C=O) groups excluding carboxylic acids is 1. The lowest BCUT2D eigenvalue weighted by molar-refractivity contribution is -0.958. The number of amides is 1. The molecule has 3 fully saturated rings. The van der Waals surface area contributed by atoms with Crippen LogP contribution < -0.4 is 5.32 Å². The number of fused-ring (bicyclic) bond motifs is 3. The van der Waals surface area contributed by atoms with Gasteiger partial charge in [-0.25, -0.2) is 0 Å². The highest BCUT2D eigenvalue weighted by atomic mass is 16.3. The van der Waals surface area contributed by atoms with Crippen molar-refractivity contribution < 1.29 is 14.4 Å². The lowest BCUT2D eigenvalue weighted by atomic mass is 9.56. The summed E-state index contributed by atoms with van der Waals surface area (Å²) >= 11 is 0. The molecule has 3 aliphatic heterocycles. The van der Waals surface area contributed by atoms with Crippen molar-refractivity contribution in [2.75, 3.05) is 25.0 Å². The van der Waals surface area contributed by atoms with Gasteiger partial charge in [0, 0.05) is 30.4 Å². The summed E-state index contributed by atoms with van der Waals surface area (Å²) in [5.74, 6) is 0.0805. The van der Waals surface area contributed by atoms with E-state index in [1.165, 1.54) is 0 Å². The van der Waals surface area contributed by atoms with Gasteiger partial charge in [0.05, 0.1) is 19.6 Å². The van der Waals surface area contributed by atoms with Gasteiger partial charge in [-0.05, 0) is 30.2 Å². The molecule has 0 aromatic heterocycles. The fourth-order valence-electron chi connectivity index (χ4n) is 6.30. The Hall–Kier alpha value is -2.95. The number of benzene rings is 3. The molecule has 1 amide bonds. The van der Waals surface area contributed by atoms with Crippen LogP contribution in [0.15, 0.2) is 91.0 Å². The average Bonchev–Trinajstić information content (AvgIpc) is 2.90. The standard InChI is InChI=1S/C29H32N2O2/c1-23(27(32)30-26-15-9-4-10-16-26)31-20-17-28(18-21-31,19-22-31)29(33,24-11-5-2-6-12-24)25-13-7-3-8-14-25/h2-16,23,33H,17-22H2,1H3/p+1/t23-,28?,31?/m1/s1. The number of hydrogen-bond acceptors (Lipinski definition) is 2. The van der Waals surface area contributed by atoms with Crippen LogP contribution in [-0.2, 0) is 10.4 Å². The minimum Gasteiger partial charge on any atom is -0.380 e. The smallest absolute Gasteiger partial charge is 0.282 e. The van der Waals surface area contributed by atoms with E-state index < -0.39 is 5.60 Å². The number of hydrogen-bond donors (Lipinski definition) is 2. The van der Waals surface area contributed by atoms with E-state index in [4.69, 9.17) is 0 Å². The number of nitrogens with zero attached hydrogens (tertiary/aromatic N) is 1. The van der Waals surface area contributed by atoms with Crippen LogP contribution in [0.25, 0.3) is 0 Å². The van der Waals surface area contributed by atoms with Gasteiger partial charge in [-0.3, -0.25) is 4.79 Å². The second kappa shape index (κ2) is 8.44. The second-order valence-corrected chi connectivity index (χ2v) is 9.89. The summed E-state index contributed by atoms with van der Waals surface area (Å²) < 4.78 is 0.806. The van der Waals surface area contributed by atoms with Gasteiger partial charge < -0.3 is 14.9 Å². The number of quaternary nitrogens is 1. The highest BCUT2D eigenvalue weighted by Crippen LogP contribution is 2.57. The van der Waals surface area contributed by atoms with E-state index in [9.17, 15) is 9.90 Å². The van der Waals surface area contributed by atoms with Crippen molar-refractivity contribution >= 4 is 11.6 Å². The van der Waals surface area contributed by atoms with Gasteiger partial charge >= 0.3 is 0 Å². The van der Waals surface area contributed by atoms with Gasteiger partial charge in [-0.15, -0.1) is 0 Å². The third kappa shape index (κ3) is 3.58. The van der Waals surface area contributed by atoms with E-state index in [1.807, 2.05) is 66.7 Å². The van der Waals surface area contributed by atoms with E-state index in [0.717, 1.165) is 60.2 Å². The third-order valence-corrected chi connectivity index (χ3v) is 8.50. The van der Waals surface area contributed by atoms with Crippen LogP contribution in [0.4, 0.5) is 5.69 Å². The summed E-state index contributed by atoms with van der Waals surface area (Å²) in [6.45, 7) is 4.79. The first kappa shape index (κ1) is 21.9. The summed E-state index contributed by atoms with van der Waals surface area (Å²) in [6.07, 6.45) is 2.70. The van der Waals surface area contributed by atoms with Gasteiger partial charge in [0.1, 0.15) is 5.60 Å². The predicted molar refractivity (Wildman–Crippen MR) is 132 cm³/mol. The summed E-state index contributed by atoms with van der Waals surface area (Å²) in [5.41, 5.74) is 1.51. The van der Waals surface area contributed by atoms with Gasteiger partial charge in [0.2, 0.25) is 0 Å². The van der Waals surface area contributed by atoms with Gasteiger partial charge in [0.25, 0.3) is 5.91 Å². The van der Waals surface area contributed by atoms with E-state index in [-0.39, 0.29) is 17.4 Å². The molecule has 0 radical (unpaired) electrons. The first-order chi connectivity index (χ1) is 16.0. The Morgan fingerprint density at radius 1 is 0.818 bits per heavy atom. The van der Waals surface area contributed by atoms with Crippen LogP contribution in [0.2, 0.25) is 0 Å². The summed E-state index contributed by atoms with van der Waals surface area (Å²) in [4.78, 5) is 13.1. The van der Waals surface area contributed by atoms with Crippen molar-refractivity contribution in [1.82, 2.24) is 0 Å². The average molecular weight is 442 g/mol. The molecule has 0 spiro atoms. The highest BCUT2D eigenvalue weighted by molar-refractivity contribution is 5.93. The fourth-order valence-corrected chi connectivity index (χ4v) is 6.30. The SMILES string of the molecule is C[C@H](C(=O)Nc1ccccc1)[N+]12CCC(C(O)(c3ccccc3)c3ccccc3)(CC1)CC2. The monoisotopic (exact) mass is 441 g/mol. The fraction of sp³-hybridized carbons (Fsp3) is 0.345. The van der Waals surface area contributed by atoms with Gasteiger partial charge in [0.15, 0.2) is 6.04 Å². The second-order valence-electron chi connectivity index (χ2n) is 9.89. The Morgan fingerprint density at radius 3 is 1.70 bits per heavy atom. The molecule has 170 valence electrons. The first-order valence-corrected chi connectivity index (χ1v) is 12.0. The largest absolute Gasteiger partial charge is 0.380 e. The van der Waals surface area contributed by atoms with E-state index >= 15 is 0 Å². The van der Waals surface area contributed by atoms with Crippen molar-refractivity contribution in [3.8, 4) is 0 Å². The molecular formula is C29H33N2O2+. The summed E-state index contributed by atoms with van der Waals surface area (Å²) in [5, 5.41) is 15.6. The highest BCUT2D eigenvalue weighted by Gasteiger charge is 2.61. The van der Waals surface area contributed by atoms with Crippen LogP contribution >= 0.6 is 0 Å². The number of carbonyl (C=O) groups is 1. The molecule has 3 heterocycles. The number of piperidine rings is 3. The van der Waals surface area contributed by atoms with Crippen molar-refractivity contribution in [2.45, 2.75) is 37.8 Å². The molecule has 1 atom stereocenters. The Morgan fingerprint density at radius 2 is 1.24 bits per heavy atom. The zero-order valence-electron chi connectivity index (χ0n) is 19.3. The molecule has 0 unspecified atom stereocenters. The van der Waals surface area contributed by atoms with Crippen molar-refractivity contribution in [3.63, 3.8) is 0 Å². The molecular weight excluding hydrogens is 408 g/mol. The van der Waals surface area contributed by atoms with Crippen molar-refractivity contribution in [2.24, 2.45) is 5.41 Å². The van der Waals surface area contributed by atoms with E-state index in [2.05, 4.69) is 36.5 Å². The van der Waals surface area contributed by atoms with Crippen LogP contribution in [0.1, 0.15) is 37.3 Å². The Kier molecular flexibility index (Phi) is 5.59. The number of anilines is 1. The number of aliphatic hydroxyl groups is 1. The number of para-hydroxylation sites is 1. The quantitative estimate of drug-likeness (QED) is 0.532. The Labute approximate surface area is 196 Å². The minimum atomic E-state index is -1.04. The van der Waals surface area contributed by atoms with Crippen LogP contribution in [-0.4, -0.2) is 41.2 Å². The van der Waals surface area contributed by atoms with E-state index in [1.54, 1.807) is 0 Å². The maximum absolute atomic E-state index is 13.1. The zero-order valence-corrected chi connectivity index (χ0v) is 19.3. The molecule has 2 N–H and O–H groups in total. The lowest BCUT2D eigenvalue weighted by Gasteiger charge is -2.61. The maximum atomic E-state index is 13.1. The van der Waals surface area contributed by atoms with Gasteiger partial charge in [-0.1, -0.05) is 78.9 Å². The van der Waals surface area contributed by atoms with Crippen LogP contribution in [0.5, 0.6) is 0 Å². The molecule has 2 bridgehead atoms. The third-order valence-electron chi connectivity index (χ3n) is 8.50.